The second-order valence-corrected chi connectivity index (χ2v) is 7.88. The third-order valence-electron chi connectivity index (χ3n) is 4.68. The maximum atomic E-state index is 13.0. The van der Waals surface area contributed by atoms with E-state index in [2.05, 4.69) is 32.1 Å². The number of aryl methyl sites for hydroxylation is 2. The van der Waals surface area contributed by atoms with Crippen LogP contribution in [0.4, 0.5) is 0 Å². The first kappa shape index (κ1) is 16.8. The predicted octanol–water partition coefficient (Wildman–Crippen LogP) is 3.87. The lowest BCUT2D eigenvalue weighted by atomic mass is 9.93. The van der Waals surface area contributed by atoms with Crippen LogP contribution in [0.5, 0.6) is 0 Å². The minimum Gasteiger partial charge on any atom is -0.465 e. The van der Waals surface area contributed by atoms with Crippen molar-refractivity contribution in [1.82, 2.24) is 14.7 Å². The van der Waals surface area contributed by atoms with Crippen LogP contribution < -0.4 is 0 Å². The number of hydrogen-bond donors (Lipinski definition) is 0. The van der Waals surface area contributed by atoms with E-state index in [1.807, 2.05) is 35.7 Å². The van der Waals surface area contributed by atoms with Gasteiger partial charge in [-0.15, -0.1) is 0 Å². The van der Waals surface area contributed by atoms with Crippen molar-refractivity contribution >= 4 is 5.91 Å². The van der Waals surface area contributed by atoms with E-state index in [9.17, 15) is 4.79 Å². The van der Waals surface area contributed by atoms with Gasteiger partial charge in [-0.05, 0) is 38.3 Å². The molecule has 1 amide bonds. The first-order valence-corrected chi connectivity index (χ1v) is 8.66. The lowest BCUT2D eigenvalue weighted by Gasteiger charge is -2.32. The Bertz CT molecular complexity index is 736. The number of rotatable bonds is 2. The first-order valence-electron chi connectivity index (χ1n) is 8.66. The highest BCUT2D eigenvalue weighted by Gasteiger charge is 2.29. The number of aromatic nitrogens is 2. The molecule has 0 aliphatic carbocycles. The molecule has 1 aliphatic rings. The number of carbonyl (C=O) groups excluding carboxylic acids is 1. The number of furan rings is 1. The molecule has 1 fully saturated rings. The van der Waals surface area contributed by atoms with Crippen LogP contribution in [-0.2, 0) is 5.41 Å². The van der Waals surface area contributed by atoms with Crippen LogP contribution in [0, 0.1) is 13.8 Å². The Kier molecular flexibility index (Phi) is 4.28. The number of nitrogens with zero attached hydrogens (tertiary/aromatic N) is 3. The van der Waals surface area contributed by atoms with Gasteiger partial charge >= 0.3 is 0 Å². The van der Waals surface area contributed by atoms with Gasteiger partial charge in [-0.2, -0.15) is 5.10 Å². The van der Waals surface area contributed by atoms with Crippen LogP contribution in [0.15, 0.2) is 22.9 Å². The van der Waals surface area contributed by atoms with Crippen LogP contribution in [0.1, 0.15) is 67.1 Å². The van der Waals surface area contributed by atoms with Crippen LogP contribution in [0.25, 0.3) is 0 Å². The highest BCUT2D eigenvalue weighted by atomic mass is 16.3. The molecular formula is C19H27N3O2. The molecule has 1 unspecified atom stereocenters. The molecule has 1 atom stereocenters. The maximum absolute atomic E-state index is 13.0. The van der Waals surface area contributed by atoms with Gasteiger partial charge in [-0.25, -0.2) is 0 Å². The van der Waals surface area contributed by atoms with E-state index in [0.29, 0.717) is 17.9 Å². The standard InChI is InChI=1S/C19H27N3O2/c1-13-10-20-22(11-13)15-7-6-8-21(12-15)18(23)16-9-17(19(3,4)5)24-14(16)2/h9-11,15H,6-8,12H2,1-5H3. The van der Waals surface area contributed by atoms with E-state index in [1.54, 1.807) is 0 Å². The summed E-state index contributed by atoms with van der Waals surface area (Å²) in [6, 6.07) is 2.17. The van der Waals surface area contributed by atoms with Crippen molar-refractivity contribution in [3.05, 3.63) is 41.1 Å². The molecule has 0 N–H and O–H groups in total. The zero-order chi connectivity index (χ0) is 17.5. The van der Waals surface area contributed by atoms with Gasteiger partial charge in [0.1, 0.15) is 11.5 Å². The molecule has 3 heterocycles. The minimum atomic E-state index is -0.0969. The summed E-state index contributed by atoms with van der Waals surface area (Å²) < 4.78 is 7.84. The lowest BCUT2D eigenvalue weighted by molar-refractivity contribution is 0.0671. The summed E-state index contributed by atoms with van der Waals surface area (Å²) in [6.07, 6.45) is 5.98. The van der Waals surface area contributed by atoms with Gasteiger partial charge in [0, 0.05) is 24.7 Å². The van der Waals surface area contributed by atoms with E-state index in [1.165, 1.54) is 0 Å². The third kappa shape index (κ3) is 3.25. The van der Waals surface area contributed by atoms with Gasteiger partial charge in [0.2, 0.25) is 0 Å². The van der Waals surface area contributed by atoms with Gasteiger partial charge in [-0.3, -0.25) is 9.48 Å². The van der Waals surface area contributed by atoms with E-state index >= 15 is 0 Å². The van der Waals surface area contributed by atoms with E-state index in [4.69, 9.17) is 4.42 Å². The van der Waals surface area contributed by atoms with Crippen molar-refractivity contribution < 1.29 is 9.21 Å². The molecule has 0 saturated carbocycles. The summed E-state index contributed by atoms with van der Waals surface area (Å²) in [5.74, 6) is 1.64. The summed E-state index contributed by atoms with van der Waals surface area (Å²) in [7, 11) is 0. The molecular weight excluding hydrogens is 302 g/mol. The molecule has 0 spiro atoms. The predicted molar refractivity (Wildman–Crippen MR) is 93.3 cm³/mol. The molecule has 3 rings (SSSR count). The van der Waals surface area contributed by atoms with E-state index < -0.39 is 0 Å². The van der Waals surface area contributed by atoms with Gasteiger partial charge in [0.15, 0.2) is 0 Å². The summed E-state index contributed by atoms with van der Waals surface area (Å²) in [4.78, 5) is 14.9. The highest BCUT2D eigenvalue weighted by Crippen LogP contribution is 2.29. The topological polar surface area (TPSA) is 51.3 Å². The van der Waals surface area contributed by atoms with E-state index in [0.717, 1.165) is 30.7 Å². The molecule has 0 radical (unpaired) electrons. The summed E-state index contributed by atoms with van der Waals surface area (Å²) in [5.41, 5.74) is 1.75. The third-order valence-corrected chi connectivity index (χ3v) is 4.68. The quantitative estimate of drug-likeness (QED) is 0.840. The van der Waals surface area contributed by atoms with E-state index in [-0.39, 0.29) is 17.4 Å². The average molecular weight is 329 g/mol. The monoisotopic (exact) mass is 329 g/mol. The van der Waals surface area contributed by atoms with Crippen LogP contribution in [0.2, 0.25) is 0 Å². The van der Waals surface area contributed by atoms with Crippen LogP contribution in [-0.4, -0.2) is 33.7 Å². The molecule has 2 aromatic rings. The Balaban J connectivity index is 1.78. The van der Waals surface area contributed by atoms with Crippen molar-refractivity contribution in [3.63, 3.8) is 0 Å². The van der Waals surface area contributed by atoms with Gasteiger partial charge in [0.05, 0.1) is 17.8 Å². The first-order chi connectivity index (χ1) is 11.3. The zero-order valence-electron chi connectivity index (χ0n) is 15.3. The fraction of sp³-hybridized carbons (Fsp3) is 0.579. The fourth-order valence-electron chi connectivity index (χ4n) is 3.22. The van der Waals surface area contributed by atoms with Crippen LogP contribution in [0.3, 0.4) is 0 Å². The molecule has 130 valence electrons. The van der Waals surface area contributed by atoms with Crippen molar-refractivity contribution in [1.29, 1.82) is 0 Å². The maximum Gasteiger partial charge on any atom is 0.257 e. The Morgan fingerprint density at radius 2 is 2.08 bits per heavy atom. The normalized spacial score (nSPS) is 18.9. The molecule has 0 bridgehead atoms. The Hall–Kier alpha value is -2.04. The van der Waals surface area contributed by atoms with Crippen molar-refractivity contribution in [2.75, 3.05) is 13.1 Å². The van der Waals surface area contributed by atoms with Crippen molar-refractivity contribution in [2.45, 2.75) is 58.9 Å². The molecule has 5 nitrogen and oxygen atoms in total. The summed E-state index contributed by atoms with van der Waals surface area (Å²) in [6.45, 7) is 11.7. The number of hydrogen-bond acceptors (Lipinski definition) is 3. The van der Waals surface area contributed by atoms with Gasteiger partial charge in [0.25, 0.3) is 5.91 Å². The Morgan fingerprint density at radius 3 is 2.67 bits per heavy atom. The molecule has 1 aliphatic heterocycles. The average Bonchev–Trinajstić information content (AvgIpc) is 3.12. The van der Waals surface area contributed by atoms with Gasteiger partial charge in [-0.1, -0.05) is 20.8 Å². The number of piperidine rings is 1. The molecule has 24 heavy (non-hydrogen) atoms. The lowest BCUT2D eigenvalue weighted by Crippen LogP contribution is -2.41. The van der Waals surface area contributed by atoms with Crippen LogP contribution >= 0.6 is 0 Å². The Morgan fingerprint density at radius 1 is 1.33 bits per heavy atom. The second kappa shape index (κ2) is 6.11. The summed E-state index contributed by atoms with van der Waals surface area (Å²) >= 11 is 0. The number of carbonyl (C=O) groups is 1. The second-order valence-electron chi connectivity index (χ2n) is 7.88. The minimum absolute atomic E-state index is 0.0697. The van der Waals surface area contributed by atoms with Crippen molar-refractivity contribution in [3.8, 4) is 0 Å². The van der Waals surface area contributed by atoms with Gasteiger partial charge < -0.3 is 9.32 Å². The zero-order valence-corrected chi connectivity index (χ0v) is 15.3. The largest absolute Gasteiger partial charge is 0.465 e. The molecule has 0 aromatic carbocycles. The highest BCUT2D eigenvalue weighted by molar-refractivity contribution is 5.95. The smallest absolute Gasteiger partial charge is 0.257 e. The fourth-order valence-corrected chi connectivity index (χ4v) is 3.22. The number of likely N-dealkylation sites (tertiary alicyclic amines) is 1. The number of amides is 1. The SMILES string of the molecule is Cc1cnn(C2CCCN(C(=O)c3cc(C(C)(C)C)oc3C)C2)c1. The van der Waals surface area contributed by atoms with Crippen molar-refractivity contribution in [2.24, 2.45) is 0 Å². The molecule has 2 aromatic heterocycles. The summed E-state index contributed by atoms with van der Waals surface area (Å²) in [5, 5.41) is 4.42. The Labute approximate surface area is 143 Å². The molecule has 1 saturated heterocycles. The molecule has 5 heteroatoms.